The molecule has 120 valence electrons. The van der Waals surface area contributed by atoms with E-state index in [1.807, 2.05) is 0 Å². The summed E-state index contributed by atoms with van der Waals surface area (Å²) in [6.07, 6.45) is 10.6. The minimum atomic E-state index is 0.242. The first-order valence-corrected chi connectivity index (χ1v) is 8.75. The lowest BCUT2D eigenvalue weighted by molar-refractivity contribution is -0.0584. The number of rotatable bonds is 7. The van der Waals surface area contributed by atoms with Crippen molar-refractivity contribution < 1.29 is 4.74 Å². The van der Waals surface area contributed by atoms with Crippen LogP contribution in [0.15, 0.2) is 0 Å². The molecule has 0 aromatic rings. The predicted molar refractivity (Wildman–Crippen MR) is 87.9 cm³/mol. The van der Waals surface area contributed by atoms with Crippen LogP contribution in [0.4, 0.5) is 0 Å². The molecule has 0 saturated heterocycles. The monoisotopic (exact) mass is 283 g/mol. The maximum absolute atomic E-state index is 6.28. The van der Waals surface area contributed by atoms with Gasteiger partial charge < -0.3 is 10.5 Å². The quantitative estimate of drug-likeness (QED) is 0.674. The normalized spacial score (nSPS) is 29.4. The third-order valence-electron chi connectivity index (χ3n) is 4.94. The van der Waals surface area contributed by atoms with E-state index in [-0.39, 0.29) is 12.1 Å². The Kier molecular flexibility index (Phi) is 7.53. The van der Waals surface area contributed by atoms with Gasteiger partial charge in [0.1, 0.15) is 0 Å². The van der Waals surface area contributed by atoms with Gasteiger partial charge in [0.2, 0.25) is 0 Å². The molecule has 1 saturated carbocycles. The van der Waals surface area contributed by atoms with Crippen molar-refractivity contribution in [2.75, 3.05) is 0 Å². The van der Waals surface area contributed by atoms with E-state index in [9.17, 15) is 0 Å². The highest BCUT2D eigenvalue weighted by atomic mass is 16.5. The highest BCUT2D eigenvalue weighted by Crippen LogP contribution is 2.38. The fourth-order valence-electron chi connectivity index (χ4n) is 3.32. The van der Waals surface area contributed by atoms with E-state index in [1.165, 1.54) is 38.5 Å². The molecule has 0 aromatic carbocycles. The molecular formula is C18H37NO. The second-order valence-electron chi connectivity index (χ2n) is 7.87. The maximum atomic E-state index is 6.28. The second-order valence-corrected chi connectivity index (χ2v) is 7.87. The van der Waals surface area contributed by atoms with Gasteiger partial charge in [-0.2, -0.15) is 0 Å². The Hall–Kier alpha value is -0.0800. The Morgan fingerprint density at radius 1 is 1.15 bits per heavy atom. The Balaban J connectivity index is 2.36. The van der Waals surface area contributed by atoms with Crippen molar-refractivity contribution in [1.29, 1.82) is 0 Å². The molecule has 0 amide bonds. The van der Waals surface area contributed by atoms with E-state index < -0.39 is 0 Å². The van der Waals surface area contributed by atoms with Crippen LogP contribution in [0.1, 0.15) is 86.0 Å². The van der Waals surface area contributed by atoms with Gasteiger partial charge in [0.05, 0.1) is 12.2 Å². The van der Waals surface area contributed by atoms with Gasteiger partial charge in [-0.15, -0.1) is 0 Å². The van der Waals surface area contributed by atoms with Gasteiger partial charge in [-0.3, -0.25) is 0 Å². The lowest BCUT2D eigenvalue weighted by Crippen LogP contribution is -2.45. The largest absolute Gasteiger partial charge is 0.374 e. The van der Waals surface area contributed by atoms with E-state index in [2.05, 4.69) is 34.6 Å². The number of unbranched alkanes of at least 4 members (excludes halogenated alkanes) is 3. The van der Waals surface area contributed by atoms with E-state index in [1.54, 1.807) is 0 Å². The lowest BCUT2D eigenvalue weighted by Gasteiger charge is -2.41. The van der Waals surface area contributed by atoms with Gasteiger partial charge in [-0.05, 0) is 43.9 Å². The zero-order chi connectivity index (χ0) is 15.2. The van der Waals surface area contributed by atoms with Gasteiger partial charge in [-0.1, -0.05) is 53.4 Å². The van der Waals surface area contributed by atoms with Gasteiger partial charge in [0.25, 0.3) is 0 Å². The minimum absolute atomic E-state index is 0.242. The van der Waals surface area contributed by atoms with Crippen molar-refractivity contribution in [3.63, 3.8) is 0 Å². The molecule has 1 fully saturated rings. The number of ether oxygens (including phenoxy) is 1. The summed E-state index contributed by atoms with van der Waals surface area (Å²) in [7, 11) is 0. The van der Waals surface area contributed by atoms with Crippen molar-refractivity contribution in [2.45, 2.75) is 104 Å². The second kappa shape index (κ2) is 8.38. The summed E-state index contributed by atoms with van der Waals surface area (Å²) in [5.74, 6) is 0.750. The fourth-order valence-corrected chi connectivity index (χ4v) is 3.32. The van der Waals surface area contributed by atoms with Crippen molar-refractivity contribution in [1.82, 2.24) is 0 Å². The summed E-state index contributed by atoms with van der Waals surface area (Å²) < 4.78 is 6.28. The van der Waals surface area contributed by atoms with Crippen molar-refractivity contribution in [2.24, 2.45) is 17.1 Å². The predicted octanol–water partition coefficient (Wildman–Crippen LogP) is 4.90. The first-order chi connectivity index (χ1) is 9.34. The van der Waals surface area contributed by atoms with E-state index in [0.717, 1.165) is 18.8 Å². The molecule has 4 unspecified atom stereocenters. The fraction of sp³-hybridized carbons (Fsp3) is 1.00. The number of hydrogen-bond acceptors (Lipinski definition) is 2. The average Bonchev–Trinajstić information content (AvgIpc) is 2.36. The molecule has 0 spiro atoms. The van der Waals surface area contributed by atoms with Crippen LogP contribution in [0.5, 0.6) is 0 Å². The van der Waals surface area contributed by atoms with Crippen LogP contribution in [0, 0.1) is 11.3 Å². The van der Waals surface area contributed by atoms with Crippen LogP contribution in [0.3, 0.4) is 0 Å². The number of nitrogens with two attached hydrogens (primary N) is 1. The highest BCUT2D eigenvalue weighted by molar-refractivity contribution is 4.88. The lowest BCUT2D eigenvalue weighted by atomic mass is 9.70. The Labute approximate surface area is 126 Å². The summed E-state index contributed by atoms with van der Waals surface area (Å²) in [5.41, 5.74) is 6.67. The van der Waals surface area contributed by atoms with Gasteiger partial charge in [0.15, 0.2) is 0 Å². The van der Waals surface area contributed by atoms with Gasteiger partial charge >= 0.3 is 0 Å². The van der Waals surface area contributed by atoms with Crippen LogP contribution in [-0.4, -0.2) is 18.2 Å². The molecule has 4 atom stereocenters. The van der Waals surface area contributed by atoms with Crippen LogP contribution in [-0.2, 0) is 4.74 Å². The molecule has 2 nitrogen and oxygen atoms in total. The van der Waals surface area contributed by atoms with Crippen LogP contribution in [0.2, 0.25) is 0 Å². The first-order valence-electron chi connectivity index (χ1n) is 8.75. The molecule has 1 rings (SSSR count). The van der Waals surface area contributed by atoms with Crippen molar-refractivity contribution in [3.8, 4) is 0 Å². The summed E-state index contributed by atoms with van der Waals surface area (Å²) >= 11 is 0. The van der Waals surface area contributed by atoms with Crippen molar-refractivity contribution in [3.05, 3.63) is 0 Å². The zero-order valence-corrected chi connectivity index (χ0v) is 14.5. The first kappa shape index (κ1) is 18.0. The standard InChI is InChI=1S/C18H37NO/c1-6-7-8-9-10-14(2)20-17-13-15(18(3,4)5)11-12-16(17)19/h14-17H,6-13,19H2,1-5H3. The molecule has 0 heterocycles. The molecular weight excluding hydrogens is 246 g/mol. The van der Waals surface area contributed by atoms with Gasteiger partial charge in [0, 0.05) is 6.04 Å². The van der Waals surface area contributed by atoms with Crippen LogP contribution >= 0.6 is 0 Å². The molecule has 2 N–H and O–H groups in total. The number of hydrogen-bond donors (Lipinski definition) is 1. The smallest absolute Gasteiger partial charge is 0.0732 e. The molecule has 0 aromatic heterocycles. The van der Waals surface area contributed by atoms with Crippen molar-refractivity contribution >= 4 is 0 Å². The average molecular weight is 283 g/mol. The van der Waals surface area contributed by atoms with E-state index >= 15 is 0 Å². The third kappa shape index (κ3) is 6.13. The Morgan fingerprint density at radius 2 is 1.85 bits per heavy atom. The molecule has 0 radical (unpaired) electrons. The zero-order valence-electron chi connectivity index (χ0n) is 14.5. The SMILES string of the molecule is CCCCCCC(C)OC1CC(C(C)(C)C)CCC1N. The van der Waals surface area contributed by atoms with Gasteiger partial charge in [-0.25, -0.2) is 0 Å². The van der Waals surface area contributed by atoms with E-state index in [0.29, 0.717) is 11.5 Å². The molecule has 0 bridgehead atoms. The summed E-state index contributed by atoms with van der Waals surface area (Å²) in [5, 5.41) is 0. The summed E-state index contributed by atoms with van der Waals surface area (Å²) in [4.78, 5) is 0. The highest BCUT2D eigenvalue weighted by Gasteiger charge is 2.35. The molecule has 1 aliphatic rings. The van der Waals surface area contributed by atoms with Crippen LogP contribution < -0.4 is 5.73 Å². The minimum Gasteiger partial charge on any atom is -0.374 e. The van der Waals surface area contributed by atoms with E-state index in [4.69, 9.17) is 10.5 Å². The molecule has 1 aliphatic carbocycles. The van der Waals surface area contributed by atoms with Crippen LogP contribution in [0.25, 0.3) is 0 Å². The summed E-state index contributed by atoms with van der Waals surface area (Å²) in [6, 6.07) is 0.242. The topological polar surface area (TPSA) is 35.2 Å². The maximum Gasteiger partial charge on any atom is 0.0732 e. The Morgan fingerprint density at radius 3 is 2.45 bits per heavy atom. The molecule has 2 heteroatoms. The molecule has 0 aliphatic heterocycles. The third-order valence-corrected chi connectivity index (χ3v) is 4.94. The molecule has 20 heavy (non-hydrogen) atoms. The Bertz CT molecular complexity index is 259. The summed E-state index contributed by atoms with van der Waals surface area (Å²) in [6.45, 7) is 11.5.